The molecule has 0 fully saturated rings. The van der Waals surface area contributed by atoms with Crippen LogP contribution in [0.1, 0.15) is 52.4 Å². The van der Waals surface area contributed by atoms with Crippen LogP contribution >= 0.6 is 0 Å². The molecule has 0 aliphatic rings. The first-order valence-electron chi connectivity index (χ1n) is 4.99. The molecule has 12 heavy (non-hydrogen) atoms. The summed E-state index contributed by atoms with van der Waals surface area (Å²) < 4.78 is 5.42. The van der Waals surface area contributed by atoms with Gasteiger partial charge in [-0.3, -0.25) is 0 Å². The van der Waals surface area contributed by atoms with Crippen LogP contribution in [0.4, 0.5) is 0 Å². The minimum atomic E-state index is 0. The van der Waals surface area contributed by atoms with Crippen LogP contribution in [0.5, 0.6) is 0 Å². The molecule has 0 aliphatic carbocycles. The maximum Gasteiger partial charge on any atom is 0.0466 e. The van der Waals surface area contributed by atoms with Crippen LogP contribution in [-0.4, -0.2) is 13.2 Å². The normalized spacial score (nSPS) is 9.50. The van der Waals surface area contributed by atoms with E-state index in [4.69, 9.17) is 4.74 Å². The molecule has 0 saturated heterocycles. The van der Waals surface area contributed by atoms with E-state index in [-0.39, 0.29) is 6.15 Å². The fourth-order valence-corrected chi connectivity index (χ4v) is 0.979. The summed E-state index contributed by atoms with van der Waals surface area (Å²) in [7, 11) is 0. The molecule has 0 rings (SSSR count). The van der Waals surface area contributed by atoms with Crippen LogP contribution < -0.4 is 6.15 Å². The molecular weight excluding hydrogens is 150 g/mol. The van der Waals surface area contributed by atoms with E-state index in [2.05, 4.69) is 13.8 Å². The highest BCUT2D eigenvalue weighted by molar-refractivity contribution is 4.39. The summed E-state index contributed by atoms with van der Waals surface area (Å²) in [5.41, 5.74) is 0. The fraction of sp³-hybridized carbons (Fsp3) is 1.00. The quantitative estimate of drug-likeness (QED) is 0.573. The third-order valence-electron chi connectivity index (χ3n) is 1.78. The second kappa shape index (κ2) is 13.5. The van der Waals surface area contributed by atoms with E-state index in [9.17, 15) is 0 Å². The van der Waals surface area contributed by atoms with Gasteiger partial charge in [0.25, 0.3) is 0 Å². The first-order chi connectivity index (χ1) is 5.41. The Morgan fingerprint density at radius 2 is 1.33 bits per heavy atom. The van der Waals surface area contributed by atoms with E-state index >= 15 is 0 Å². The van der Waals surface area contributed by atoms with Crippen molar-refractivity contribution in [2.24, 2.45) is 0 Å². The monoisotopic (exact) mass is 175 g/mol. The lowest BCUT2D eigenvalue weighted by molar-refractivity contribution is 0.127. The molecule has 0 aromatic heterocycles. The van der Waals surface area contributed by atoms with Gasteiger partial charge in [0, 0.05) is 13.2 Å². The summed E-state index contributed by atoms with van der Waals surface area (Å²) >= 11 is 0. The largest absolute Gasteiger partial charge is 0.381 e. The topological polar surface area (TPSA) is 44.2 Å². The zero-order valence-corrected chi connectivity index (χ0v) is 8.77. The Balaban J connectivity index is 0. The molecule has 0 aromatic carbocycles. The van der Waals surface area contributed by atoms with E-state index in [0.717, 1.165) is 13.2 Å². The Morgan fingerprint density at radius 3 is 1.92 bits per heavy atom. The molecule has 2 heteroatoms. The van der Waals surface area contributed by atoms with E-state index < -0.39 is 0 Å². The molecule has 0 aliphatic heterocycles. The van der Waals surface area contributed by atoms with Gasteiger partial charge >= 0.3 is 0 Å². The first-order valence-corrected chi connectivity index (χ1v) is 4.99. The molecule has 0 amide bonds. The van der Waals surface area contributed by atoms with E-state index in [1.807, 2.05) is 0 Å². The van der Waals surface area contributed by atoms with Gasteiger partial charge in [-0.25, -0.2) is 0 Å². The molecule has 0 unspecified atom stereocenters. The molecule has 2 nitrogen and oxygen atoms in total. The molecule has 0 atom stereocenters. The first kappa shape index (κ1) is 14.4. The Bertz CT molecular complexity index is 58.9. The molecule has 0 bridgehead atoms. The predicted molar refractivity (Wildman–Crippen MR) is 54.9 cm³/mol. The van der Waals surface area contributed by atoms with Crippen molar-refractivity contribution in [2.75, 3.05) is 13.2 Å². The molecule has 76 valence electrons. The van der Waals surface area contributed by atoms with Gasteiger partial charge in [-0.1, -0.05) is 39.5 Å². The van der Waals surface area contributed by atoms with Crippen molar-refractivity contribution in [3.63, 3.8) is 0 Å². The summed E-state index contributed by atoms with van der Waals surface area (Å²) in [6.07, 6.45) is 7.72. The number of unbranched alkanes of at least 4 members (excludes halogenated alkanes) is 4. The summed E-state index contributed by atoms with van der Waals surface area (Å²) in [4.78, 5) is 0. The number of hydrogen-bond acceptors (Lipinski definition) is 2. The Labute approximate surface area is 77.3 Å². The standard InChI is InChI=1S/C10H22O.H3N/c1-3-5-7-8-10-11-9-6-4-2;/h3-10H2,1-2H3;1H3. The Morgan fingerprint density at radius 1 is 0.750 bits per heavy atom. The van der Waals surface area contributed by atoms with Crippen molar-refractivity contribution in [1.29, 1.82) is 0 Å². The van der Waals surface area contributed by atoms with Crippen LogP contribution in [-0.2, 0) is 4.74 Å². The SMILES string of the molecule is CCCCCCOCCCC.N. The smallest absolute Gasteiger partial charge is 0.0466 e. The summed E-state index contributed by atoms with van der Waals surface area (Å²) in [6.45, 7) is 6.36. The summed E-state index contributed by atoms with van der Waals surface area (Å²) in [5.74, 6) is 0. The third kappa shape index (κ3) is 12.6. The van der Waals surface area contributed by atoms with Crippen molar-refractivity contribution >= 4 is 0 Å². The average molecular weight is 175 g/mol. The van der Waals surface area contributed by atoms with Gasteiger partial charge in [-0.15, -0.1) is 0 Å². The van der Waals surface area contributed by atoms with Gasteiger partial charge in [-0.05, 0) is 12.8 Å². The van der Waals surface area contributed by atoms with Gasteiger partial charge < -0.3 is 10.9 Å². The van der Waals surface area contributed by atoms with Gasteiger partial charge in [-0.2, -0.15) is 0 Å². The van der Waals surface area contributed by atoms with Crippen LogP contribution in [0.25, 0.3) is 0 Å². The van der Waals surface area contributed by atoms with Gasteiger partial charge in [0.05, 0.1) is 0 Å². The van der Waals surface area contributed by atoms with Gasteiger partial charge in [0.1, 0.15) is 0 Å². The van der Waals surface area contributed by atoms with E-state index in [0.29, 0.717) is 0 Å². The zero-order chi connectivity index (χ0) is 8.36. The average Bonchev–Trinajstić information content (AvgIpc) is 2.03. The summed E-state index contributed by atoms with van der Waals surface area (Å²) in [5, 5.41) is 0. The van der Waals surface area contributed by atoms with Crippen molar-refractivity contribution in [3.8, 4) is 0 Å². The predicted octanol–water partition coefficient (Wildman–Crippen LogP) is 3.55. The Kier molecular flexibility index (Phi) is 16.3. The van der Waals surface area contributed by atoms with Gasteiger partial charge in [0.2, 0.25) is 0 Å². The highest BCUT2D eigenvalue weighted by Gasteiger charge is 1.88. The second-order valence-corrected chi connectivity index (χ2v) is 3.03. The van der Waals surface area contributed by atoms with Crippen molar-refractivity contribution in [3.05, 3.63) is 0 Å². The minimum Gasteiger partial charge on any atom is -0.381 e. The number of ether oxygens (including phenoxy) is 1. The lowest BCUT2D eigenvalue weighted by atomic mass is 10.2. The van der Waals surface area contributed by atoms with E-state index in [1.165, 1.54) is 38.5 Å². The maximum atomic E-state index is 5.42. The van der Waals surface area contributed by atoms with Crippen LogP contribution in [0.15, 0.2) is 0 Å². The highest BCUT2D eigenvalue weighted by Crippen LogP contribution is 1.99. The molecule has 0 saturated carbocycles. The number of rotatable bonds is 8. The molecule has 0 radical (unpaired) electrons. The summed E-state index contributed by atoms with van der Waals surface area (Å²) in [6, 6.07) is 0. The van der Waals surface area contributed by atoms with Gasteiger partial charge in [0.15, 0.2) is 0 Å². The number of hydrogen-bond donors (Lipinski definition) is 1. The van der Waals surface area contributed by atoms with Crippen molar-refractivity contribution in [2.45, 2.75) is 52.4 Å². The molecule has 3 N–H and O–H groups in total. The molecule has 0 aromatic rings. The van der Waals surface area contributed by atoms with Crippen LogP contribution in [0.3, 0.4) is 0 Å². The molecular formula is C10H25NO. The minimum absolute atomic E-state index is 0. The van der Waals surface area contributed by atoms with Crippen LogP contribution in [0, 0.1) is 0 Å². The van der Waals surface area contributed by atoms with Crippen LogP contribution in [0.2, 0.25) is 0 Å². The molecule has 0 heterocycles. The zero-order valence-electron chi connectivity index (χ0n) is 8.77. The fourth-order valence-electron chi connectivity index (χ4n) is 0.979. The second-order valence-electron chi connectivity index (χ2n) is 3.03. The lowest BCUT2D eigenvalue weighted by Gasteiger charge is -2.01. The Hall–Kier alpha value is -0.0800. The lowest BCUT2D eigenvalue weighted by Crippen LogP contribution is -1.96. The maximum absolute atomic E-state index is 5.42. The highest BCUT2D eigenvalue weighted by atomic mass is 16.5. The van der Waals surface area contributed by atoms with Crippen molar-refractivity contribution in [1.82, 2.24) is 6.15 Å². The van der Waals surface area contributed by atoms with E-state index in [1.54, 1.807) is 0 Å². The molecule has 0 spiro atoms. The van der Waals surface area contributed by atoms with Crippen molar-refractivity contribution < 1.29 is 4.74 Å². The third-order valence-corrected chi connectivity index (χ3v) is 1.78.